The first kappa shape index (κ1) is 26.2. The van der Waals surface area contributed by atoms with Crippen molar-refractivity contribution in [3.63, 3.8) is 0 Å². The number of unbranched alkanes of at least 4 members (excludes halogenated alkanes) is 8. The van der Waals surface area contributed by atoms with Gasteiger partial charge in [-0.1, -0.05) is 78.2 Å². The molecule has 0 fully saturated rings. The molecule has 0 radical (unpaired) electrons. The van der Waals surface area contributed by atoms with E-state index < -0.39 is 6.09 Å². The summed E-state index contributed by atoms with van der Waals surface area (Å²) in [5.74, 6) is 0. The topological polar surface area (TPSA) is 76.4 Å². The van der Waals surface area contributed by atoms with Crippen LogP contribution in [-0.4, -0.2) is 27.4 Å². The summed E-state index contributed by atoms with van der Waals surface area (Å²) in [7, 11) is 0. The lowest BCUT2D eigenvalue weighted by atomic mass is 9.89. The molecule has 0 saturated heterocycles. The number of nitrogens with zero attached hydrogens (tertiary/aromatic N) is 2. The average Bonchev–Trinajstić information content (AvgIpc) is 3.13. The summed E-state index contributed by atoms with van der Waals surface area (Å²) in [6.45, 7) is 11.8. The second-order valence-corrected chi connectivity index (χ2v) is 9.37. The Morgan fingerprint density at radius 1 is 1.17 bits per heavy atom. The number of hydrogen-bond acceptors (Lipinski definition) is 3. The molecular formula is C24H43N3O3. The van der Waals surface area contributed by atoms with E-state index in [0.717, 1.165) is 13.0 Å². The van der Waals surface area contributed by atoms with Crippen molar-refractivity contribution in [3.05, 3.63) is 30.9 Å². The van der Waals surface area contributed by atoms with Crippen LogP contribution in [0.2, 0.25) is 0 Å². The average molecular weight is 422 g/mol. The summed E-state index contributed by atoms with van der Waals surface area (Å²) in [5, 5.41) is 11.4. The maximum Gasteiger partial charge on any atom is 0.405 e. The van der Waals surface area contributed by atoms with Crippen LogP contribution in [0.15, 0.2) is 25.2 Å². The zero-order valence-electron chi connectivity index (χ0n) is 19.4. The zero-order chi connectivity index (χ0) is 22.2. The van der Waals surface area contributed by atoms with Crippen LogP contribution < -0.4 is 5.32 Å². The minimum absolute atomic E-state index is 0.375. The molecule has 0 bridgehead atoms. The molecule has 0 saturated carbocycles. The molecule has 0 aromatic carbocycles. The van der Waals surface area contributed by atoms with E-state index >= 15 is 0 Å². The molecule has 30 heavy (non-hydrogen) atoms. The van der Waals surface area contributed by atoms with Crippen LogP contribution in [0.5, 0.6) is 0 Å². The van der Waals surface area contributed by atoms with Crippen molar-refractivity contribution in [3.8, 4) is 0 Å². The first-order valence-electron chi connectivity index (χ1n) is 11.5. The lowest BCUT2D eigenvalue weighted by Gasteiger charge is -2.17. The third kappa shape index (κ3) is 13.4. The molecule has 0 aliphatic rings. The Labute approximate surface area is 183 Å². The van der Waals surface area contributed by atoms with Gasteiger partial charge < -0.3 is 19.7 Å². The highest BCUT2D eigenvalue weighted by Gasteiger charge is 2.15. The number of hydrogen-bond donors (Lipinski definition) is 2. The van der Waals surface area contributed by atoms with Gasteiger partial charge in [-0.2, -0.15) is 0 Å². The van der Waals surface area contributed by atoms with Gasteiger partial charge in [0.25, 0.3) is 0 Å². The monoisotopic (exact) mass is 421 g/mol. The number of carbonyl (C=O) groups is 1. The highest BCUT2D eigenvalue weighted by atomic mass is 16.5. The molecule has 0 spiro atoms. The SMILES string of the molecule is C=CCC(NC(=O)O)c1cn(COCCCCCCCCCCCC(C)(C)C)cn1. The van der Waals surface area contributed by atoms with Gasteiger partial charge >= 0.3 is 6.09 Å². The number of nitrogens with one attached hydrogen (secondary N) is 1. The molecule has 2 N–H and O–H groups in total. The molecule has 1 rings (SSSR count). The molecule has 1 unspecified atom stereocenters. The van der Waals surface area contributed by atoms with E-state index in [1.165, 1.54) is 57.8 Å². The summed E-state index contributed by atoms with van der Waals surface area (Å²) in [6, 6.07) is -0.375. The number of carboxylic acid groups (broad SMARTS) is 1. The van der Waals surface area contributed by atoms with Gasteiger partial charge in [-0.3, -0.25) is 0 Å². The molecule has 1 aromatic rings. The maximum atomic E-state index is 10.9. The number of amides is 1. The van der Waals surface area contributed by atoms with Gasteiger partial charge in [-0.15, -0.1) is 6.58 Å². The highest BCUT2D eigenvalue weighted by Crippen LogP contribution is 2.22. The van der Waals surface area contributed by atoms with E-state index in [4.69, 9.17) is 9.84 Å². The van der Waals surface area contributed by atoms with Gasteiger partial charge in [0, 0.05) is 12.8 Å². The van der Waals surface area contributed by atoms with Gasteiger partial charge in [-0.25, -0.2) is 9.78 Å². The Balaban J connectivity index is 2.01. The quantitative estimate of drug-likeness (QED) is 0.217. The molecule has 172 valence electrons. The van der Waals surface area contributed by atoms with Crippen LogP contribution in [0.3, 0.4) is 0 Å². The van der Waals surface area contributed by atoms with Gasteiger partial charge in [0.15, 0.2) is 0 Å². The second kappa shape index (κ2) is 15.1. The largest absolute Gasteiger partial charge is 0.465 e. The summed E-state index contributed by atoms with van der Waals surface area (Å²) in [5.41, 5.74) is 1.16. The Morgan fingerprint density at radius 2 is 1.77 bits per heavy atom. The fourth-order valence-electron chi connectivity index (χ4n) is 3.46. The number of rotatable bonds is 17. The van der Waals surface area contributed by atoms with E-state index in [9.17, 15) is 4.79 Å². The van der Waals surface area contributed by atoms with Crippen LogP contribution in [0, 0.1) is 5.41 Å². The molecule has 0 aliphatic heterocycles. The highest BCUT2D eigenvalue weighted by molar-refractivity contribution is 5.65. The van der Waals surface area contributed by atoms with Crippen LogP contribution in [0.4, 0.5) is 4.79 Å². The van der Waals surface area contributed by atoms with Crippen LogP contribution >= 0.6 is 0 Å². The maximum absolute atomic E-state index is 10.9. The van der Waals surface area contributed by atoms with Gasteiger partial charge in [0.2, 0.25) is 0 Å². The predicted octanol–water partition coefficient (Wildman–Crippen LogP) is 6.69. The molecule has 0 aliphatic carbocycles. The molecule has 1 atom stereocenters. The Kier molecular flexibility index (Phi) is 13.2. The molecular weight excluding hydrogens is 378 g/mol. The summed E-state index contributed by atoms with van der Waals surface area (Å²) < 4.78 is 7.56. The molecule has 1 heterocycles. The Morgan fingerprint density at radius 3 is 2.33 bits per heavy atom. The van der Waals surface area contributed by atoms with Crippen molar-refractivity contribution in [1.82, 2.24) is 14.9 Å². The van der Waals surface area contributed by atoms with E-state index in [0.29, 0.717) is 24.3 Å². The van der Waals surface area contributed by atoms with E-state index in [2.05, 4.69) is 37.7 Å². The molecule has 1 amide bonds. The minimum Gasteiger partial charge on any atom is -0.465 e. The number of aromatic nitrogens is 2. The van der Waals surface area contributed by atoms with Crippen molar-refractivity contribution in [2.75, 3.05) is 6.61 Å². The lowest BCUT2D eigenvalue weighted by molar-refractivity contribution is 0.0737. The van der Waals surface area contributed by atoms with Crippen LogP contribution in [0.1, 0.15) is 103 Å². The fourth-order valence-corrected chi connectivity index (χ4v) is 3.46. The fraction of sp³-hybridized carbons (Fsp3) is 0.750. The number of ether oxygens (including phenoxy) is 1. The Bertz CT molecular complexity index is 593. The van der Waals surface area contributed by atoms with Crippen molar-refractivity contribution >= 4 is 6.09 Å². The third-order valence-corrected chi connectivity index (χ3v) is 5.17. The Hall–Kier alpha value is -1.82. The minimum atomic E-state index is -1.06. The third-order valence-electron chi connectivity index (χ3n) is 5.17. The summed E-state index contributed by atoms with van der Waals surface area (Å²) >= 11 is 0. The number of imidazole rings is 1. The smallest absolute Gasteiger partial charge is 0.405 e. The van der Waals surface area contributed by atoms with E-state index in [-0.39, 0.29) is 6.04 Å². The predicted molar refractivity (Wildman–Crippen MR) is 123 cm³/mol. The van der Waals surface area contributed by atoms with Crippen molar-refractivity contribution in [2.45, 2.75) is 104 Å². The van der Waals surface area contributed by atoms with Gasteiger partial charge in [-0.05, 0) is 24.7 Å². The van der Waals surface area contributed by atoms with Crippen molar-refractivity contribution in [2.24, 2.45) is 5.41 Å². The first-order valence-corrected chi connectivity index (χ1v) is 11.5. The van der Waals surface area contributed by atoms with Crippen molar-refractivity contribution < 1.29 is 14.6 Å². The second-order valence-electron chi connectivity index (χ2n) is 9.37. The summed E-state index contributed by atoms with van der Waals surface area (Å²) in [6.07, 6.45) is 17.7. The van der Waals surface area contributed by atoms with Crippen LogP contribution in [-0.2, 0) is 11.5 Å². The molecule has 6 nitrogen and oxygen atoms in total. The molecule has 6 heteroatoms. The van der Waals surface area contributed by atoms with Gasteiger partial charge in [0.1, 0.15) is 6.73 Å². The summed E-state index contributed by atoms with van der Waals surface area (Å²) in [4.78, 5) is 15.2. The normalized spacial score (nSPS) is 12.6. The van der Waals surface area contributed by atoms with E-state index in [1.807, 2.05) is 10.8 Å². The molecule has 1 aromatic heterocycles. The zero-order valence-corrected chi connectivity index (χ0v) is 19.4. The van der Waals surface area contributed by atoms with Crippen LogP contribution in [0.25, 0.3) is 0 Å². The van der Waals surface area contributed by atoms with Crippen molar-refractivity contribution in [1.29, 1.82) is 0 Å². The first-order chi connectivity index (χ1) is 14.3. The lowest BCUT2D eigenvalue weighted by Crippen LogP contribution is -2.26. The van der Waals surface area contributed by atoms with E-state index in [1.54, 1.807) is 12.4 Å². The standard InChI is InChI=1S/C24H43N3O3/c1-5-15-21(26-23(28)29)22-18-27(19-25-22)20-30-17-14-12-10-8-6-7-9-11-13-16-24(2,3)4/h5,18-19,21,26H,1,6-17,20H2,2-4H3,(H,28,29). The van der Waals surface area contributed by atoms with Gasteiger partial charge in [0.05, 0.1) is 18.1 Å².